The predicted octanol–water partition coefficient (Wildman–Crippen LogP) is 5.40. The fourth-order valence-corrected chi connectivity index (χ4v) is 4.17. The molecule has 2 rings (SSSR count). The summed E-state index contributed by atoms with van der Waals surface area (Å²) < 4.78 is 24.9. The smallest absolute Gasteiger partial charge is 0.158 e. The molecule has 0 aliphatic rings. The average Bonchev–Trinajstić information content (AvgIpc) is 2.46. The number of hydrogen-bond acceptors (Lipinski definition) is 2. The summed E-state index contributed by atoms with van der Waals surface area (Å²) in [6, 6.07) is 14.8. The second-order valence-corrected chi connectivity index (χ2v) is 9.13. The molecule has 0 spiro atoms. The first-order valence-corrected chi connectivity index (χ1v) is 10.1. The van der Waals surface area contributed by atoms with Crippen molar-refractivity contribution in [1.82, 2.24) is 0 Å². The fourth-order valence-electron chi connectivity index (χ4n) is 2.42. The van der Waals surface area contributed by atoms with Gasteiger partial charge in [-0.1, -0.05) is 48.5 Å². The van der Waals surface area contributed by atoms with Gasteiger partial charge in [0.15, 0.2) is 9.84 Å². The van der Waals surface area contributed by atoms with Gasteiger partial charge in [0.05, 0.1) is 22.3 Å². The highest BCUT2D eigenvalue weighted by molar-refractivity contribution is 7.89. The highest BCUT2D eigenvalue weighted by Gasteiger charge is 2.15. The molecule has 2 aromatic rings. The molecule has 0 amide bonds. The van der Waals surface area contributed by atoms with E-state index in [4.69, 9.17) is 23.2 Å². The first kappa shape index (κ1) is 18.3. The molecule has 0 heterocycles. The summed E-state index contributed by atoms with van der Waals surface area (Å²) in [7, 11) is -3.26. The van der Waals surface area contributed by atoms with Gasteiger partial charge in [0.1, 0.15) is 0 Å². The van der Waals surface area contributed by atoms with E-state index in [1.54, 1.807) is 0 Å². The summed E-state index contributed by atoms with van der Waals surface area (Å²) in [5.41, 5.74) is 3.38. The van der Waals surface area contributed by atoms with Crippen LogP contribution in [0.25, 0.3) is 0 Å². The van der Waals surface area contributed by atoms with E-state index >= 15 is 0 Å². The minimum atomic E-state index is -3.26. The van der Waals surface area contributed by atoms with Crippen LogP contribution in [0.3, 0.4) is 0 Å². The Hall–Kier alpha value is -1.03. The highest BCUT2D eigenvalue weighted by atomic mass is 35.5. The van der Waals surface area contributed by atoms with Crippen molar-refractivity contribution in [2.75, 3.05) is 0 Å². The molecule has 0 unspecified atom stereocenters. The molecule has 0 N–H and O–H groups in total. The van der Waals surface area contributed by atoms with Gasteiger partial charge in [-0.3, -0.25) is 0 Å². The van der Waals surface area contributed by atoms with Gasteiger partial charge in [-0.2, -0.15) is 0 Å². The Morgan fingerprint density at radius 3 is 1.57 bits per heavy atom. The topological polar surface area (TPSA) is 34.1 Å². The Morgan fingerprint density at radius 2 is 1.22 bits per heavy atom. The molecule has 5 heteroatoms. The molecule has 0 bridgehead atoms. The molecule has 0 radical (unpaired) electrons. The molecule has 23 heavy (non-hydrogen) atoms. The first-order chi connectivity index (χ1) is 10.8. The molecule has 0 saturated heterocycles. The van der Waals surface area contributed by atoms with Crippen LogP contribution in [0.1, 0.15) is 46.9 Å². The molecule has 0 aliphatic heterocycles. The van der Waals surface area contributed by atoms with Crippen LogP contribution < -0.4 is 0 Å². The van der Waals surface area contributed by atoms with E-state index in [0.29, 0.717) is 0 Å². The van der Waals surface area contributed by atoms with E-state index in [9.17, 15) is 8.42 Å². The first-order valence-electron chi connectivity index (χ1n) is 7.43. The zero-order valence-corrected chi connectivity index (χ0v) is 15.5. The summed E-state index contributed by atoms with van der Waals surface area (Å²) in [4.78, 5) is 0. The molecular formula is C18H20Cl2O2S. The van der Waals surface area contributed by atoms with Crippen LogP contribution in [0.4, 0.5) is 0 Å². The standard InChI is InChI=1S/C18H20Cl2O2S/c1-13(19)17-7-3-5-15(9-17)11-23(21,22)12-16-6-4-8-18(10-16)14(2)20/h3-10,13-14H,11-12H2,1-2H3/t13-,14-/m0/s1. The Balaban J connectivity index is 2.16. The minimum absolute atomic E-state index is 0.00506. The van der Waals surface area contributed by atoms with Crippen molar-refractivity contribution < 1.29 is 8.42 Å². The van der Waals surface area contributed by atoms with Crippen LogP contribution in [0.15, 0.2) is 48.5 Å². The van der Waals surface area contributed by atoms with Crippen molar-refractivity contribution in [3.8, 4) is 0 Å². The van der Waals surface area contributed by atoms with E-state index in [2.05, 4.69) is 0 Å². The van der Waals surface area contributed by atoms with Gasteiger partial charge >= 0.3 is 0 Å². The molecule has 0 fully saturated rings. The second kappa shape index (κ2) is 7.69. The summed E-state index contributed by atoms with van der Waals surface area (Å²) in [5.74, 6) is 0.0101. The van der Waals surface area contributed by atoms with Crippen LogP contribution in [0.5, 0.6) is 0 Å². The number of halogens is 2. The van der Waals surface area contributed by atoms with Gasteiger partial charge in [-0.25, -0.2) is 8.42 Å². The molecule has 124 valence electrons. The molecule has 2 nitrogen and oxygen atoms in total. The van der Waals surface area contributed by atoms with Crippen LogP contribution in [-0.2, 0) is 21.3 Å². The zero-order chi connectivity index (χ0) is 17.0. The predicted molar refractivity (Wildman–Crippen MR) is 97.7 cm³/mol. The van der Waals surface area contributed by atoms with Gasteiger partial charge in [0.25, 0.3) is 0 Å². The third kappa shape index (κ3) is 5.52. The highest BCUT2D eigenvalue weighted by Crippen LogP contribution is 2.23. The lowest BCUT2D eigenvalue weighted by Gasteiger charge is -2.10. The maximum atomic E-state index is 12.5. The second-order valence-electron chi connectivity index (χ2n) is 5.75. The summed E-state index contributed by atoms with van der Waals surface area (Å²) in [6.45, 7) is 3.74. The lowest BCUT2D eigenvalue weighted by atomic mass is 10.1. The van der Waals surface area contributed by atoms with E-state index in [1.165, 1.54) is 0 Å². The van der Waals surface area contributed by atoms with Crippen molar-refractivity contribution >= 4 is 33.0 Å². The van der Waals surface area contributed by atoms with E-state index in [0.717, 1.165) is 22.3 Å². The Kier molecular flexibility index (Phi) is 6.12. The Morgan fingerprint density at radius 1 is 0.826 bits per heavy atom. The van der Waals surface area contributed by atoms with Gasteiger partial charge in [0.2, 0.25) is 0 Å². The minimum Gasteiger partial charge on any atom is -0.228 e. The summed E-state index contributed by atoms with van der Waals surface area (Å²) >= 11 is 12.1. The molecule has 0 saturated carbocycles. The summed E-state index contributed by atoms with van der Waals surface area (Å²) in [6.07, 6.45) is 0. The molecule has 2 atom stereocenters. The largest absolute Gasteiger partial charge is 0.228 e. The van der Waals surface area contributed by atoms with Crippen molar-refractivity contribution in [3.63, 3.8) is 0 Å². The lowest BCUT2D eigenvalue weighted by Crippen LogP contribution is -2.08. The van der Waals surface area contributed by atoms with Gasteiger partial charge in [-0.15, -0.1) is 23.2 Å². The number of rotatable bonds is 6. The van der Waals surface area contributed by atoms with Gasteiger partial charge in [0, 0.05) is 0 Å². The van der Waals surface area contributed by atoms with Crippen LogP contribution in [0, 0.1) is 0 Å². The number of alkyl halides is 2. The van der Waals surface area contributed by atoms with Crippen molar-refractivity contribution in [1.29, 1.82) is 0 Å². The maximum absolute atomic E-state index is 12.5. The zero-order valence-electron chi connectivity index (χ0n) is 13.2. The molecule has 0 aromatic heterocycles. The number of hydrogen-bond donors (Lipinski definition) is 0. The maximum Gasteiger partial charge on any atom is 0.158 e. The Labute approximate surface area is 148 Å². The average molecular weight is 371 g/mol. The Bertz CT molecular complexity index is 709. The van der Waals surface area contributed by atoms with Crippen molar-refractivity contribution in [2.45, 2.75) is 36.1 Å². The third-order valence-electron chi connectivity index (χ3n) is 3.59. The van der Waals surface area contributed by atoms with E-state index in [-0.39, 0.29) is 22.3 Å². The SMILES string of the molecule is C[C@H](Cl)c1cccc(CS(=O)(=O)Cc2cccc([C@H](C)Cl)c2)c1. The monoisotopic (exact) mass is 370 g/mol. The number of benzene rings is 2. The molecule has 0 aliphatic carbocycles. The molecular weight excluding hydrogens is 351 g/mol. The summed E-state index contributed by atoms with van der Waals surface area (Å²) in [5, 5.41) is -0.279. The normalized spacial score (nSPS) is 14.4. The van der Waals surface area contributed by atoms with Gasteiger partial charge < -0.3 is 0 Å². The van der Waals surface area contributed by atoms with Crippen molar-refractivity contribution in [2.24, 2.45) is 0 Å². The third-order valence-corrected chi connectivity index (χ3v) is 5.64. The van der Waals surface area contributed by atoms with Crippen molar-refractivity contribution in [3.05, 3.63) is 70.8 Å². The fraction of sp³-hybridized carbons (Fsp3) is 0.333. The van der Waals surface area contributed by atoms with Gasteiger partial charge in [-0.05, 0) is 36.1 Å². The number of sulfone groups is 1. The van der Waals surface area contributed by atoms with Crippen LogP contribution in [-0.4, -0.2) is 8.42 Å². The molecule has 2 aromatic carbocycles. The van der Waals surface area contributed by atoms with E-state index in [1.807, 2.05) is 62.4 Å². The van der Waals surface area contributed by atoms with Crippen LogP contribution in [0.2, 0.25) is 0 Å². The van der Waals surface area contributed by atoms with E-state index < -0.39 is 9.84 Å². The lowest BCUT2D eigenvalue weighted by molar-refractivity contribution is 0.594. The quantitative estimate of drug-likeness (QED) is 0.637. The van der Waals surface area contributed by atoms with Crippen LogP contribution >= 0.6 is 23.2 Å².